The number of ether oxygens (including phenoxy) is 4. The van der Waals surface area contributed by atoms with E-state index in [1.165, 1.54) is 31.2 Å². The van der Waals surface area contributed by atoms with Crippen LogP contribution in [0.3, 0.4) is 0 Å². The molecule has 35 heavy (non-hydrogen) atoms. The van der Waals surface area contributed by atoms with Crippen molar-refractivity contribution in [3.8, 4) is 5.75 Å². The van der Waals surface area contributed by atoms with Gasteiger partial charge in [0.05, 0.1) is 18.1 Å². The summed E-state index contributed by atoms with van der Waals surface area (Å²) < 4.78 is 22.3. The number of non-ortho nitro benzene ring substituents is 1. The Kier molecular flexibility index (Phi) is 8.92. The van der Waals surface area contributed by atoms with Crippen molar-refractivity contribution >= 4 is 11.6 Å². The van der Waals surface area contributed by atoms with Gasteiger partial charge in [-0.3, -0.25) is 14.9 Å². The van der Waals surface area contributed by atoms with Crippen molar-refractivity contribution in [2.24, 2.45) is 0 Å². The number of nitro groups is 1. The van der Waals surface area contributed by atoms with Crippen molar-refractivity contribution < 1.29 is 59.3 Å². The molecule has 2 fully saturated rings. The monoisotopic (exact) mass is 504 g/mol. The van der Waals surface area contributed by atoms with Crippen molar-refractivity contribution in [3.63, 3.8) is 0 Å². The van der Waals surface area contributed by atoms with E-state index in [-0.39, 0.29) is 11.4 Å². The van der Waals surface area contributed by atoms with Gasteiger partial charge in [-0.05, 0) is 12.1 Å². The molecule has 1 amide bonds. The molecule has 196 valence electrons. The number of aliphatic hydroxyl groups excluding tert-OH is 6. The smallest absolute Gasteiger partial charge is 0.269 e. The Balaban J connectivity index is 1.88. The van der Waals surface area contributed by atoms with Crippen LogP contribution in [-0.4, -0.2) is 116 Å². The van der Waals surface area contributed by atoms with Crippen LogP contribution < -0.4 is 10.1 Å². The predicted molar refractivity (Wildman–Crippen MR) is 112 cm³/mol. The van der Waals surface area contributed by atoms with E-state index >= 15 is 0 Å². The van der Waals surface area contributed by atoms with Crippen molar-refractivity contribution in [1.82, 2.24) is 5.32 Å². The zero-order valence-corrected chi connectivity index (χ0v) is 18.5. The van der Waals surface area contributed by atoms with Crippen LogP contribution in [0.1, 0.15) is 6.92 Å². The first-order valence-corrected chi connectivity index (χ1v) is 10.7. The zero-order chi connectivity index (χ0) is 25.9. The maximum atomic E-state index is 11.9. The molecular formula is C20H28N2O13. The van der Waals surface area contributed by atoms with Crippen LogP contribution in [0, 0.1) is 10.1 Å². The summed E-state index contributed by atoms with van der Waals surface area (Å²) in [6.07, 6.45) is -13.9. The number of nitro benzene ring substituents is 1. The molecule has 0 aliphatic carbocycles. The lowest BCUT2D eigenvalue weighted by atomic mass is 9.95. The number of hydrogen-bond donors (Lipinski definition) is 7. The normalized spacial score (nSPS) is 37.5. The first kappa shape index (κ1) is 27.1. The molecule has 2 aliphatic heterocycles. The lowest BCUT2D eigenvalue weighted by Gasteiger charge is -2.47. The van der Waals surface area contributed by atoms with Crippen LogP contribution in [0.15, 0.2) is 24.3 Å². The second-order valence-electron chi connectivity index (χ2n) is 8.11. The molecule has 0 radical (unpaired) electrons. The van der Waals surface area contributed by atoms with E-state index in [0.717, 1.165) is 0 Å². The summed E-state index contributed by atoms with van der Waals surface area (Å²) in [5, 5.41) is 73.6. The fraction of sp³-hybridized carbons (Fsp3) is 0.650. The highest BCUT2D eigenvalue weighted by molar-refractivity contribution is 5.73. The molecule has 3 rings (SSSR count). The molecule has 1 aromatic rings. The second-order valence-corrected chi connectivity index (χ2v) is 8.11. The Morgan fingerprint density at radius 2 is 1.54 bits per heavy atom. The Labute approximate surface area is 198 Å². The van der Waals surface area contributed by atoms with E-state index < -0.39 is 85.4 Å². The highest BCUT2D eigenvalue weighted by atomic mass is 16.7. The highest BCUT2D eigenvalue weighted by Crippen LogP contribution is 2.31. The Hall–Kier alpha value is -2.47. The zero-order valence-electron chi connectivity index (χ0n) is 18.5. The molecule has 0 spiro atoms. The average molecular weight is 504 g/mol. The summed E-state index contributed by atoms with van der Waals surface area (Å²) in [6, 6.07) is 3.63. The van der Waals surface area contributed by atoms with Gasteiger partial charge in [-0.15, -0.1) is 0 Å². The van der Waals surface area contributed by atoms with E-state index in [4.69, 9.17) is 18.9 Å². The lowest BCUT2D eigenvalue weighted by molar-refractivity contribution is -0.384. The Morgan fingerprint density at radius 3 is 2.09 bits per heavy atom. The van der Waals surface area contributed by atoms with Crippen molar-refractivity contribution in [3.05, 3.63) is 34.4 Å². The van der Waals surface area contributed by atoms with Gasteiger partial charge in [-0.25, -0.2) is 0 Å². The summed E-state index contributed by atoms with van der Waals surface area (Å²) in [4.78, 5) is 22.2. The molecule has 2 saturated heterocycles. The van der Waals surface area contributed by atoms with Gasteiger partial charge < -0.3 is 54.9 Å². The quantitative estimate of drug-likeness (QED) is 0.136. The van der Waals surface area contributed by atoms with Gasteiger partial charge in [0.25, 0.3) is 5.69 Å². The topological polar surface area (TPSA) is 231 Å². The van der Waals surface area contributed by atoms with Gasteiger partial charge in [0.2, 0.25) is 12.2 Å². The van der Waals surface area contributed by atoms with Gasteiger partial charge in [0.1, 0.15) is 54.5 Å². The number of amides is 1. The average Bonchev–Trinajstić information content (AvgIpc) is 2.82. The molecule has 10 atom stereocenters. The van der Waals surface area contributed by atoms with Gasteiger partial charge >= 0.3 is 0 Å². The fourth-order valence-corrected chi connectivity index (χ4v) is 3.83. The number of carbonyl (C=O) groups excluding carboxylic acids is 1. The first-order chi connectivity index (χ1) is 16.6. The van der Waals surface area contributed by atoms with E-state index in [1.807, 2.05) is 0 Å². The number of carbonyl (C=O) groups is 1. The van der Waals surface area contributed by atoms with Crippen LogP contribution in [0.2, 0.25) is 0 Å². The number of nitrogens with one attached hydrogen (secondary N) is 1. The third kappa shape index (κ3) is 6.03. The standard InChI is InChI=1S/C20H28N2O13/c1-8(25)21-13-18(35-20-17(29)16(28)14(26)11(6-23)34-20)15(27)12(7-24)33-19(13)32-10-4-2-9(3-5-10)22(30)31/h2-5,11-20,23-24,26-29H,6-7H2,1H3,(H,21,25)/t11-,12+,13-,14+,15+,16-,17-,18+,19+,20-/m1/s1. The van der Waals surface area contributed by atoms with Crippen molar-refractivity contribution in [2.75, 3.05) is 13.2 Å². The Bertz CT molecular complexity index is 869. The number of benzene rings is 1. The fourth-order valence-electron chi connectivity index (χ4n) is 3.83. The van der Waals surface area contributed by atoms with Crippen molar-refractivity contribution in [1.29, 1.82) is 0 Å². The highest BCUT2D eigenvalue weighted by Gasteiger charge is 2.52. The van der Waals surface area contributed by atoms with Gasteiger partial charge in [0, 0.05) is 19.1 Å². The Morgan fingerprint density at radius 1 is 0.971 bits per heavy atom. The van der Waals surface area contributed by atoms with E-state index in [2.05, 4.69) is 5.32 Å². The summed E-state index contributed by atoms with van der Waals surface area (Å²) in [5.41, 5.74) is -0.201. The number of aliphatic hydroxyl groups is 6. The molecular weight excluding hydrogens is 476 g/mol. The second kappa shape index (κ2) is 11.5. The summed E-state index contributed by atoms with van der Waals surface area (Å²) in [6.45, 7) is -0.262. The van der Waals surface area contributed by atoms with Crippen LogP contribution in [0.4, 0.5) is 5.69 Å². The number of hydrogen-bond acceptors (Lipinski definition) is 13. The molecule has 7 N–H and O–H groups in total. The molecule has 0 aromatic heterocycles. The van der Waals surface area contributed by atoms with Crippen LogP contribution in [-0.2, 0) is 19.0 Å². The first-order valence-electron chi connectivity index (χ1n) is 10.7. The third-order valence-electron chi connectivity index (χ3n) is 5.66. The number of nitrogens with zero attached hydrogens (tertiary/aromatic N) is 1. The molecule has 1 aromatic carbocycles. The van der Waals surface area contributed by atoms with E-state index in [0.29, 0.717) is 0 Å². The van der Waals surface area contributed by atoms with E-state index in [9.17, 15) is 45.5 Å². The van der Waals surface area contributed by atoms with Crippen LogP contribution >= 0.6 is 0 Å². The minimum atomic E-state index is -1.80. The lowest BCUT2D eigenvalue weighted by Crippen LogP contribution is -2.68. The van der Waals surface area contributed by atoms with E-state index in [1.54, 1.807) is 0 Å². The van der Waals surface area contributed by atoms with Gasteiger partial charge in [-0.1, -0.05) is 0 Å². The molecule has 2 heterocycles. The van der Waals surface area contributed by atoms with Crippen LogP contribution in [0.5, 0.6) is 5.75 Å². The largest absolute Gasteiger partial charge is 0.463 e. The summed E-state index contributed by atoms with van der Waals surface area (Å²) in [7, 11) is 0. The molecule has 0 saturated carbocycles. The van der Waals surface area contributed by atoms with Crippen molar-refractivity contribution in [2.45, 2.75) is 68.3 Å². The maximum Gasteiger partial charge on any atom is 0.269 e. The summed E-state index contributed by atoms with van der Waals surface area (Å²) in [5.74, 6) is -0.497. The van der Waals surface area contributed by atoms with Gasteiger partial charge in [0.15, 0.2) is 6.29 Å². The summed E-state index contributed by atoms with van der Waals surface area (Å²) >= 11 is 0. The molecule has 0 bridgehead atoms. The van der Waals surface area contributed by atoms with Crippen LogP contribution in [0.25, 0.3) is 0 Å². The third-order valence-corrected chi connectivity index (χ3v) is 5.66. The SMILES string of the molecule is CC(=O)N[C@H]1[C@@H](Oc2ccc([N+](=O)[O-])cc2)O[C@@H](CO)[C@H](O)[C@H]1O[C@H]1O[C@H](CO)[C@H](O)[C@@H](O)[C@H]1O. The molecule has 0 unspecified atom stereocenters. The minimum absolute atomic E-state index is 0.0932. The maximum absolute atomic E-state index is 11.9. The van der Waals surface area contributed by atoms with Gasteiger partial charge in [-0.2, -0.15) is 0 Å². The molecule has 2 aliphatic rings. The predicted octanol–water partition coefficient (Wildman–Crippen LogP) is -3.26. The number of rotatable bonds is 8. The minimum Gasteiger partial charge on any atom is -0.463 e. The molecule has 15 heteroatoms. The molecule has 15 nitrogen and oxygen atoms in total.